The maximum absolute atomic E-state index is 13.0. The fourth-order valence-electron chi connectivity index (χ4n) is 2.39. The number of thiophene rings is 1. The number of halogens is 3. The third kappa shape index (κ3) is 4.92. The van der Waals surface area contributed by atoms with E-state index in [1.54, 1.807) is 11.9 Å². The molecular weight excluding hydrogens is 381 g/mol. The molecule has 0 fully saturated rings. The normalized spacial score (nSPS) is 11.7. The van der Waals surface area contributed by atoms with Gasteiger partial charge in [-0.2, -0.15) is 18.2 Å². The third-order valence-corrected chi connectivity index (χ3v) is 4.40. The molecule has 10 heteroatoms. The first kappa shape index (κ1) is 19.1. The molecule has 0 unspecified atom stereocenters. The molecule has 142 valence electrons. The van der Waals surface area contributed by atoms with Gasteiger partial charge in [-0.3, -0.25) is 9.69 Å². The summed E-state index contributed by atoms with van der Waals surface area (Å²) < 4.78 is 44.1. The lowest BCUT2D eigenvalue weighted by Gasteiger charge is -2.16. The van der Waals surface area contributed by atoms with Crippen molar-refractivity contribution in [2.75, 3.05) is 18.9 Å². The van der Waals surface area contributed by atoms with Crippen molar-refractivity contribution in [3.8, 4) is 10.7 Å². The van der Waals surface area contributed by atoms with E-state index < -0.39 is 17.6 Å². The van der Waals surface area contributed by atoms with Crippen molar-refractivity contribution in [1.82, 2.24) is 15.0 Å². The lowest BCUT2D eigenvalue weighted by molar-refractivity contribution is -0.137. The highest BCUT2D eigenvalue weighted by atomic mass is 32.1. The van der Waals surface area contributed by atoms with Crippen molar-refractivity contribution >= 4 is 22.9 Å². The highest BCUT2D eigenvalue weighted by molar-refractivity contribution is 7.13. The molecule has 0 aliphatic heterocycles. The second-order valence-corrected chi connectivity index (χ2v) is 6.70. The molecule has 0 aliphatic carbocycles. The van der Waals surface area contributed by atoms with Crippen LogP contribution in [0.4, 0.5) is 18.9 Å². The molecule has 0 bridgehead atoms. The molecule has 1 N–H and O–H groups in total. The van der Waals surface area contributed by atoms with Gasteiger partial charge in [0, 0.05) is 0 Å². The van der Waals surface area contributed by atoms with Gasteiger partial charge in [-0.25, -0.2) is 0 Å². The number of carbonyl (C=O) groups is 1. The Morgan fingerprint density at radius 1 is 1.26 bits per heavy atom. The molecule has 0 radical (unpaired) electrons. The number of aromatic nitrogens is 2. The van der Waals surface area contributed by atoms with Gasteiger partial charge in [0.25, 0.3) is 0 Å². The number of alkyl halides is 3. The fourth-order valence-corrected chi connectivity index (χ4v) is 3.04. The van der Waals surface area contributed by atoms with E-state index in [-0.39, 0.29) is 18.8 Å². The number of hydrogen-bond acceptors (Lipinski definition) is 6. The predicted molar refractivity (Wildman–Crippen MR) is 94.0 cm³/mol. The maximum atomic E-state index is 13.0. The Kier molecular flexibility index (Phi) is 5.57. The molecule has 0 aliphatic rings. The maximum Gasteiger partial charge on any atom is 0.418 e. The van der Waals surface area contributed by atoms with E-state index in [9.17, 15) is 18.0 Å². The number of nitrogens with one attached hydrogen (secondary N) is 1. The topological polar surface area (TPSA) is 71.3 Å². The van der Waals surface area contributed by atoms with Crippen LogP contribution in [0.25, 0.3) is 10.7 Å². The van der Waals surface area contributed by atoms with Crippen molar-refractivity contribution in [3.05, 3.63) is 53.2 Å². The molecule has 0 atom stereocenters. The van der Waals surface area contributed by atoms with Gasteiger partial charge in [0.1, 0.15) is 0 Å². The molecule has 1 amide bonds. The van der Waals surface area contributed by atoms with Crippen LogP contribution in [0.2, 0.25) is 0 Å². The van der Waals surface area contributed by atoms with Gasteiger partial charge in [0.15, 0.2) is 0 Å². The van der Waals surface area contributed by atoms with Crippen molar-refractivity contribution < 1.29 is 22.5 Å². The van der Waals surface area contributed by atoms with Gasteiger partial charge in [-0.1, -0.05) is 23.4 Å². The molecule has 27 heavy (non-hydrogen) atoms. The van der Waals surface area contributed by atoms with E-state index >= 15 is 0 Å². The Balaban J connectivity index is 1.59. The highest BCUT2D eigenvalue weighted by Crippen LogP contribution is 2.34. The number of amides is 1. The minimum absolute atomic E-state index is 0.136. The zero-order valence-electron chi connectivity index (χ0n) is 14.2. The van der Waals surface area contributed by atoms with Gasteiger partial charge < -0.3 is 9.84 Å². The van der Waals surface area contributed by atoms with Crippen molar-refractivity contribution in [3.63, 3.8) is 0 Å². The summed E-state index contributed by atoms with van der Waals surface area (Å²) in [4.78, 5) is 18.8. The van der Waals surface area contributed by atoms with Crippen LogP contribution in [-0.4, -0.2) is 34.5 Å². The monoisotopic (exact) mass is 396 g/mol. The first-order valence-corrected chi connectivity index (χ1v) is 8.72. The van der Waals surface area contributed by atoms with Crippen LogP contribution in [0.1, 0.15) is 11.5 Å². The number of rotatable bonds is 6. The largest absolute Gasteiger partial charge is 0.418 e. The standard InChI is InChI=1S/C17H15F3N4O2S/c1-24(10-15-22-16(23-26-15)13-7-4-8-27-13)9-14(25)21-12-6-3-2-5-11(12)17(18,19)20/h2-8H,9-10H2,1H3,(H,21,25). The third-order valence-electron chi connectivity index (χ3n) is 3.53. The van der Waals surface area contributed by atoms with Gasteiger partial charge in [-0.05, 0) is 30.6 Å². The Labute approximate surface area is 156 Å². The van der Waals surface area contributed by atoms with E-state index in [4.69, 9.17) is 4.52 Å². The van der Waals surface area contributed by atoms with Crippen molar-refractivity contribution in [1.29, 1.82) is 0 Å². The van der Waals surface area contributed by atoms with E-state index in [2.05, 4.69) is 15.5 Å². The van der Waals surface area contributed by atoms with Crippen LogP contribution in [0.5, 0.6) is 0 Å². The highest BCUT2D eigenvalue weighted by Gasteiger charge is 2.33. The number of hydrogen-bond donors (Lipinski definition) is 1. The van der Waals surface area contributed by atoms with Crippen LogP contribution in [0.15, 0.2) is 46.3 Å². The minimum atomic E-state index is -4.54. The first-order valence-electron chi connectivity index (χ1n) is 7.84. The van der Waals surface area contributed by atoms with Crippen LogP contribution in [0.3, 0.4) is 0 Å². The molecule has 1 aromatic carbocycles. The zero-order chi connectivity index (χ0) is 19.4. The Morgan fingerprint density at radius 2 is 2.04 bits per heavy atom. The lowest BCUT2D eigenvalue weighted by atomic mass is 10.1. The zero-order valence-corrected chi connectivity index (χ0v) is 15.0. The second kappa shape index (κ2) is 7.89. The SMILES string of the molecule is CN(CC(=O)Nc1ccccc1C(F)(F)F)Cc1nc(-c2cccs2)no1. The summed E-state index contributed by atoms with van der Waals surface area (Å²) in [5.74, 6) is 0.188. The Hall–Kier alpha value is -2.72. The Morgan fingerprint density at radius 3 is 2.74 bits per heavy atom. The second-order valence-electron chi connectivity index (χ2n) is 5.75. The van der Waals surface area contributed by atoms with Crippen molar-refractivity contribution in [2.24, 2.45) is 0 Å². The number of benzene rings is 1. The van der Waals surface area contributed by atoms with Gasteiger partial charge in [-0.15, -0.1) is 11.3 Å². The van der Waals surface area contributed by atoms with Crippen LogP contribution in [-0.2, 0) is 17.5 Å². The molecule has 0 saturated carbocycles. The summed E-state index contributed by atoms with van der Waals surface area (Å²) >= 11 is 1.47. The summed E-state index contributed by atoms with van der Waals surface area (Å²) in [6.45, 7) is 0.0512. The molecule has 2 aromatic heterocycles. The summed E-state index contributed by atoms with van der Waals surface area (Å²) in [7, 11) is 1.63. The summed E-state index contributed by atoms with van der Waals surface area (Å²) in [5, 5.41) is 8.05. The van der Waals surface area contributed by atoms with Crippen LogP contribution < -0.4 is 5.32 Å². The van der Waals surface area contributed by atoms with E-state index in [0.717, 1.165) is 10.9 Å². The quantitative estimate of drug-likeness (QED) is 0.685. The van der Waals surface area contributed by atoms with Crippen LogP contribution in [0, 0.1) is 0 Å². The van der Waals surface area contributed by atoms with Gasteiger partial charge in [0.05, 0.1) is 29.2 Å². The number of likely N-dealkylation sites (N-methyl/N-ethyl adjacent to an activating group) is 1. The van der Waals surface area contributed by atoms with Crippen LogP contribution >= 0.6 is 11.3 Å². The molecule has 3 aromatic rings. The molecule has 0 spiro atoms. The van der Waals surface area contributed by atoms with Gasteiger partial charge in [0.2, 0.25) is 17.6 Å². The number of anilines is 1. The summed E-state index contributed by atoms with van der Waals surface area (Å²) in [6.07, 6.45) is -4.54. The molecular formula is C17H15F3N4O2S. The smallest absolute Gasteiger partial charge is 0.338 e. The molecule has 3 rings (SSSR count). The first-order chi connectivity index (χ1) is 12.8. The van der Waals surface area contributed by atoms with E-state index in [1.165, 1.54) is 29.5 Å². The summed E-state index contributed by atoms with van der Waals surface area (Å²) in [6, 6.07) is 8.56. The summed E-state index contributed by atoms with van der Waals surface area (Å²) in [5.41, 5.74) is -1.17. The van der Waals surface area contributed by atoms with Crippen molar-refractivity contribution in [2.45, 2.75) is 12.7 Å². The fraction of sp³-hybridized carbons (Fsp3) is 0.235. The number of para-hydroxylation sites is 1. The molecule has 6 nitrogen and oxygen atoms in total. The number of nitrogens with zero attached hydrogens (tertiary/aromatic N) is 3. The molecule has 2 heterocycles. The average molecular weight is 396 g/mol. The number of carbonyl (C=O) groups excluding carboxylic acids is 1. The predicted octanol–water partition coefficient (Wildman–Crippen LogP) is 3.89. The Bertz CT molecular complexity index is 909. The van der Waals surface area contributed by atoms with Gasteiger partial charge >= 0.3 is 6.18 Å². The van der Waals surface area contributed by atoms with E-state index in [0.29, 0.717) is 11.7 Å². The molecule has 0 saturated heterocycles. The minimum Gasteiger partial charge on any atom is -0.338 e. The van der Waals surface area contributed by atoms with E-state index in [1.807, 2.05) is 17.5 Å². The lowest BCUT2D eigenvalue weighted by Crippen LogP contribution is -2.30. The average Bonchev–Trinajstić information content (AvgIpc) is 3.25.